The Morgan fingerprint density at radius 1 is 1.24 bits per heavy atom. The van der Waals surface area contributed by atoms with E-state index in [2.05, 4.69) is 10.6 Å². The summed E-state index contributed by atoms with van der Waals surface area (Å²) in [7, 11) is 1.53. The Morgan fingerprint density at radius 2 is 2.06 bits per heavy atom. The SMILES string of the molecule is CCOC(=O)N1CCc2oc([C@H](CN3Cc4ccc(OC)cc4C3=O)NC(=O)NC=O)cc2C1. The van der Waals surface area contributed by atoms with E-state index >= 15 is 0 Å². The van der Waals surface area contributed by atoms with Gasteiger partial charge in [-0.2, -0.15) is 0 Å². The topological polar surface area (TPSA) is 130 Å². The molecule has 2 N–H and O–H groups in total. The van der Waals surface area contributed by atoms with Gasteiger partial charge in [-0.05, 0) is 30.7 Å². The van der Waals surface area contributed by atoms with E-state index in [-0.39, 0.29) is 25.5 Å². The maximum absolute atomic E-state index is 13.0. The molecule has 0 radical (unpaired) electrons. The number of methoxy groups -OCH3 is 1. The van der Waals surface area contributed by atoms with E-state index in [1.807, 2.05) is 6.07 Å². The first-order valence-corrected chi connectivity index (χ1v) is 10.9. The van der Waals surface area contributed by atoms with Crippen LogP contribution in [0.4, 0.5) is 9.59 Å². The number of hydrogen-bond donors (Lipinski definition) is 2. The van der Waals surface area contributed by atoms with E-state index in [0.717, 1.165) is 11.1 Å². The largest absolute Gasteiger partial charge is 0.497 e. The number of amides is 5. The molecule has 0 saturated heterocycles. The first-order valence-electron chi connectivity index (χ1n) is 10.9. The molecule has 1 aromatic heterocycles. The van der Waals surface area contributed by atoms with Crippen LogP contribution in [0.3, 0.4) is 0 Å². The number of furan rings is 1. The number of imide groups is 1. The summed E-state index contributed by atoms with van der Waals surface area (Å²) < 4.78 is 16.3. The van der Waals surface area contributed by atoms with Gasteiger partial charge in [0.25, 0.3) is 5.91 Å². The Morgan fingerprint density at radius 3 is 2.79 bits per heavy atom. The third-order valence-electron chi connectivity index (χ3n) is 5.85. The van der Waals surface area contributed by atoms with Gasteiger partial charge in [0.05, 0.1) is 20.3 Å². The summed E-state index contributed by atoms with van der Waals surface area (Å²) in [6, 6.07) is 5.65. The minimum atomic E-state index is -0.721. The van der Waals surface area contributed by atoms with Crippen LogP contribution in [0.2, 0.25) is 0 Å². The second-order valence-corrected chi connectivity index (χ2v) is 7.96. The van der Waals surface area contributed by atoms with Crippen LogP contribution in [-0.2, 0) is 29.0 Å². The maximum Gasteiger partial charge on any atom is 0.410 e. The van der Waals surface area contributed by atoms with E-state index in [0.29, 0.717) is 48.9 Å². The number of rotatable bonds is 7. The molecule has 4 rings (SSSR count). The summed E-state index contributed by atoms with van der Waals surface area (Å²) in [4.78, 5) is 51.2. The van der Waals surface area contributed by atoms with Crippen LogP contribution >= 0.6 is 0 Å². The molecular formula is C23H26N4O7. The average Bonchev–Trinajstić information content (AvgIpc) is 3.39. The lowest BCUT2D eigenvalue weighted by Crippen LogP contribution is -2.42. The van der Waals surface area contributed by atoms with Gasteiger partial charge in [-0.3, -0.25) is 14.9 Å². The standard InChI is InChI=1S/C23H26N4O7/c1-3-33-23(31)26-7-6-19-15(11-26)8-20(34-19)18(25-22(30)24-13-28)12-27-10-14-4-5-16(32-2)9-17(14)21(27)29/h4-5,8-9,13,18H,3,6-7,10-12H2,1-2H3,(H2,24,25,28,30)/t18-/m0/s1. The van der Waals surface area contributed by atoms with Crippen molar-refractivity contribution in [1.82, 2.24) is 20.4 Å². The fraction of sp³-hybridized carbons (Fsp3) is 0.391. The Labute approximate surface area is 196 Å². The van der Waals surface area contributed by atoms with Gasteiger partial charge in [0.15, 0.2) is 0 Å². The summed E-state index contributed by atoms with van der Waals surface area (Å²) in [6.07, 6.45) is 0.377. The van der Waals surface area contributed by atoms with E-state index in [4.69, 9.17) is 13.9 Å². The Balaban J connectivity index is 1.55. The molecule has 1 aromatic carbocycles. The van der Waals surface area contributed by atoms with Crippen LogP contribution in [-0.4, -0.2) is 61.0 Å². The third-order valence-corrected chi connectivity index (χ3v) is 5.85. The first-order chi connectivity index (χ1) is 16.4. The lowest BCUT2D eigenvalue weighted by Gasteiger charge is -2.25. The average molecular weight is 470 g/mol. The quantitative estimate of drug-likeness (QED) is 0.592. The highest BCUT2D eigenvalue weighted by atomic mass is 16.6. The minimum absolute atomic E-state index is 0.121. The van der Waals surface area contributed by atoms with Gasteiger partial charge in [0, 0.05) is 37.2 Å². The molecule has 2 aliphatic heterocycles. The molecule has 1 atom stereocenters. The molecule has 34 heavy (non-hydrogen) atoms. The fourth-order valence-electron chi connectivity index (χ4n) is 4.19. The summed E-state index contributed by atoms with van der Waals surface area (Å²) in [5.41, 5.74) is 2.20. The summed E-state index contributed by atoms with van der Waals surface area (Å²) >= 11 is 0. The maximum atomic E-state index is 13.0. The Hall–Kier alpha value is -4.02. The fourth-order valence-corrected chi connectivity index (χ4v) is 4.19. The molecule has 0 aliphatic carbocycles. The second-order valence-electron chi connectivity index (χ2n) is 7.96. The number of urea groups is 1. The van der Waals surface area contributed by atoms with Gasteiger partial charge < -0.3 is 29.0 Å². The second kappa shape index (κ2) is 9.86. The summed E-state index contributed by atoms with van der Waals surface area (Å²) in [6.45, 7) is 3.29. The molecule has 3 heterocycles. The molecule has 0 bridgehead atoms. The van der Waals surface area contributed by atoms with Gasteiger partial charge >= 0.3 is 12.1 Å². The summed E-state index contributed by atoms with van der Waals surface area (Å²) in [5.74, 6) is 1.53. The normalized spacial score (nSPS) is 15.3. The predicted octanol–water partition coefficient (Wildman–Crippen LogP) is 1.96. The van der Waals surface area contributed by atoms with Crippen LogP contribution in [0.25, 0.3) is 0 Å². The molecule has 0 fully saturated rings. The Kier molecular flexibility index (Phi) is 6.71. The number of carbonyl (C=O) groups excluding carboxylic acids is 4. The number of carbonyl (C=O) groups is 4. The van der Waals surface area contributed by atoms with Crippen LogP contribution in [0, 0.1) is 0 Å². The van der Waals surface area contributed by atoms with Crippen LogP contribution in [0.15, 0.2) is 28.7 Å². The van der Waals surface area contributed by atoms with Crippen molar-refractivity contribution >= 4 is 24.4 Å². The highest BCUT2D eigenvalue weighted by Gasteiger charge is 2.33. The van der Waals surface area contributed by atoms with Gasteiger partial charge in [0.1, 0.15) is 23.3 Å². The zero-order chi connectivity index (χ0) is 24.2. The zero-order valence-electron chi connectivity index (χ0n) is 19.0. The van der Waals surface area contributed by atoms with Gasteiger partial charge in [-0.25, -0.2) is 9.59 Å². The van der Waals surface area contributed by atoms with E-state index in [1.54, 1.807) is 34.9 Å². The van der Waals surface area contributed by atoms with Gasteiger partial charge in [-0.1, -0.05) is 6.07 Å². The Bertz CT molecular complexity index is 1110. The molecule has 2 aromatic rings. The molecule has 5 amide bonds. The molecule has 0 spiro atoms. The van der Waals surface area contributed by atoms with E-state index in [1.165, 1.54) is 7.11 Å². The van der Waals surface area contributed by atoms with Crippen molar-refractivity contribution in [3.63, 3.8) is 0 Å². The number of ether oxygens (including phenoxy) is 2. The van der Waals surface area contributed by atoms with Crippen molar-refractivity contribution in [3.8, 4) is 5.75 Å². The van der Waals surface area contributed by atoms with Gasteiger partial charge in [0.2, 0.25) is 6.41 Å². The molecule has 2 aliphatic rings. The first kappa shape index (κ1) is 23.1. The van der Waals surface area contributed by atoms with Crippen LogP contribution in [0.5, 0.6) is 5.75 Å². The van der Waals surface area contributed by atoms with Crippen molar-refractivity contribution in [2.24, 2.45) is 0 Å². The molecule has 0 saturated carbocycles. The number of nitrogens with one attached hydrogen (secondary N) is 2. The number of fused-ring (bicyclic) bond motifs is 2. The van der Waals surface area contributed by atoms with Crippen molar-refractivity contribution < 1.29 is 33.1 Å². The molecular weight excluding hydrogens is 444 g/mol. The monoisotopic (exact) mass is 470 g/mol. The highest BCUT2D eigenvalue weighted by Crippen LogP contribution is 2.31. The van der Waals surface area contributed by atoms with Crippen LogP contribution < -0.4 is 15.4 Å². The molecule has 11 heteroatoms. The number of benzene rings is 1. The third kappa shape index (κ3) is 4.68. The molecule has 11 nitrogen and oxygen atoms in total. The lowest BCUT2D eigenvalue weighted by molar-refractivity contribution is -0.108. The molecule has 0 unspecified atom stereocenters. The highest BCUT2D eigenvalue weighted by molar-refractivity contribution is 5.98. The summed E-state index contributed by atoms with van der Waals surface area (Å²) in [5, 5.41) is 4.75. The van der Waals surface area contributed by atoms with E-state index in [9.17, 15) is 19.2 Å². The van der Waals surface area contributed by atoms with Crippen molar-refractivity contribution in [2.75, 3.05) is 26.8 Å². The zero-order valence-corrected chi connectivity index (χ0v) is 19.0. The number of hydrogen-bond acceptors (Lipinski definition) is 7. The van der Waals surface area contributed by atoms with Gasteiger partial charge in [-0.15, -0.1) is 0 Å². The molecule has 180 valence electrons. The van der Waals surface area contributed by atoms with E-state index < -0.39 is 18.2 Å². The minimum Gasteiger partial charge on any atom is -0.497 e. The van der Waals surface area contributed by atoms with Crippen molar-refractivity contribution in [1.29, 1.82) is 0 Å². The lowest BCUT2D eigenvalue weighted by atomic mass is 10.1. The van der Waals surface area contributed by atoms with Crippen molar-refractivity contribution in [3.05, 3.63) is 52.5 Å². The van der Waals surface area contributed by atoms with Crippen LogP contribution in [0.1, 0.15) is 46.0 Å². The van der Waals surface area contributed by atoms with Crippen molar-refractivity contribution in [2.45, 2.75) is 32.5 Å². The smallest absolute Gasteiger partial charge is 0.410 e. The predicted molar refractivity (Wildman–Crippen MR) is 118 cm³/mol. The number of nitrogens with zero attached hydrogens (tertiary/aromatic N) is 2.